The topological polar surface area (TPSA) is 61.8 Å². The van der Waals surface area contributed by atoms with E-state index in [1.165, 1.54) is 0 Å². The van der Waals surface area contributed by atoms with Crippen molar-refractivity contribution in [2.45, 2.75) is 20.8 Å². The molecule has 0 aromatic carbocycles. The lowest BCUT2D eigenvalue weighted by atomic mass is 9.91. The van der Waals surface area contributed by atoms with E-state index >= 15 is 0 Å². The highest BCUT2D eigenvalue weighted by Crippen LogP contribution is 2.35. The van der Waals surface area contributed by atoms with E-state index in [9.17, 15) is 0 Å². The van der Waals surface area contributed by atoms with Crippen molar-refractivity contribution < 1.29 is 0 Å². The molecule has 62 valence electrons. The van der Waals surface area contributed by atoms with Crippen molar-refractivity contribution in [3.8, 4) is 0 Å². The van der Waals surface area contributed by atoms with Crippen LogP contribution >= 0.6 is 0 Å². The summed E-state index contributed by atoms with van der Waals surface area (Å²) in [5.41, 5.74) is 1.55. The Kier molecular flexibility index (Phi) is 1.25. The van der Waals surface area contributed by atoms with Crippen LogP contribution < -0.4 is 0 Å². The molecular weight excluding hydrogens is 154 g/mol. The smallest absolute Gasteiger partial charge is 0.150 e. The Morgan fingerprint density at radius 2 is 1.75 bits per heavy atom. The van der Waals surface area contributed by atoms with Crippen molar-refractivity contribution in [2.24, 2.45) is 31.1 Å². The van der Waals surface area contributed by atoms with Crippen molar-refractivity contribution in [1.82, 2.24) is 0 Å². The van der Waals surface area contributed by atoms with Crippen LogP contribution in [0.3, 0.4) is 0 Å². The number of allylic oxidation sites excluding steroid dienone is 1. The fourth-order valence-electron chi connectivity index (χ4n) is 1.07. The molecule has 0 bridgehead atoms. The number of hydrogen-bond acceptors (Lipinski definition) is 5. The van der Waals surface area contributed by atoms with Gasteiger partial charge in [0.25, 0.3) is 0 Å². The summed E-state index contributed by atoms with van der Waals surface area (Å²) in [7, 11) is 0. The predicted octanol–water partition coefficient (Wildman–Crippen LogP) is 2.49. The molecule has 0 N–H and O–H groups in total. The van der Waals surface area contributed by atoms with E-state index in [2.05, 4.69) is 46.4 Å². The van der Waals surface area contributed by atoms with Gasteiger partial charge in [-0.25, -0.2) is 0 Å². The number of fused-ring (bicyclic) bond motifs is 1. The number of hydrogen-bond donors (Lipinski definition) is 0. The van der Waals surface area contributed by atoms with E-state index in [1.54, 1.807) is 0 Å². The Hall–Kier alpha value is -1.39. The molecule has 0 spiro atoms. The summed E-state index contributed by atoms with van der Waals surface area (Å²) in [5.74, 6) is 0.542. The van der Waals surface area contributed by atoms with Gasteiger partial charge in [0.15, 0.2) is 5.70 Å². The summed E-state index contributed by atoms with van der Waals surface area (Å²) in [6.07, 6.45) is 0. The monoisotopic (exact) mass is 163 g/mol. The predicted molar refractivity (Wildman–Crippen MR) is 43.6 cm³/mol. The van der Waals surface area contributed by atoms with Crippen LogP contribution in [0.5, 0.6) is 0 Å². The normalized spacial score (nSPS) is 20.4. The van der Waals surface area contributed by atoms with Gasteiger partial charge in [0.1, 0.15) is 5.70 Å². The zero-order valence-corrected chi connectivity index (χ0v) is 7.24. The minimum absolute atomic E-state index is 0.0422. The molecule has 5 heteroatoms. The van der Waals surface area contributed by atoms with Crippen LogP contribution in [0.4, 0.5) is 0 Å². The summed E-state index contributed by atoms with van der Waals surface area (Å²) in [6.45, 7) is 6.18. The Morgan fingerprint density at radius 1 is 1.00 bits per heavy atom. The first kappa shape index (κ1) is 7.27. The van der Waals surface area contributed by atoms with Crippen LogP contribution in [0.1, 0.15) is 20.8 Å². The van der Waals surface area contributed by atoms with E-state index in [-0.39, 0.29) is 5.41 Å². The lowest BCUT2D eigenvalue weighted by Crippen LogP contribution is -2.08. The molecule has 5 nitrogen and oxygen atoms in total. The molecule has 0 amide bonds. The van der Waals surface area contributed by atoms with Crippen LogP contribution in [0.15, 0.2) is 37.1 Å². The van der Waals surface area contributed by atoms with Crippen molar-refractivity contribution in [3.05, 3.63) is 11.4 Å². The minimum Gasteiger partial charge on any atom is -0.150 e. The van der Waals surface area contributed by atoms with Gasteiger partial charge in [0.05, 0.1) is 0 Å². The van der Waals surface area contributed by atoms with Crippen molar-refractivity contribution in [2.75, 3.05) is 0 Å². The first-order valence-electron chi connectivity index (χ1n) is 3.74. The van der Waals surface area contributed by atoms with Crippen molar-refractivity contribution in [1.29, 1.82) is 0 Å². The van der Waals surface area contributed by atoms with Gasteiger partial charge in [-0.05, 0) is 5.22 Å². The third kappa shape index (κ3) is 0.895. The lowest BCUT2D eigenvalue weighted by molar-refractivity contribution is 0.492. The van der Waals surface area contributed by atoms with Crippen LogP contribution in [0.2, 0.25) is 0 Å². The average Bonchev–Trinajstić information content (AvgIpc) is 2.37. The number of nitrogens with zero attached hydrogens (tertiary/aromatic N) is 5. The Bertz CT molecular complexity index is 339. The van der Waals surface area contributed by atoms with Crippen molar-refractivity contribution >= 4 is 5.84 Å². The molecule has 0 radical (unpaired) electrons. The first-order valence-corrected chi connectivity index (χ1v) is 3.74. The highest BCUT2D eigenvalue weighted by molar-refractivity contribution is 6.01. The van der Waals surface area contributed by atoms with Gasteiger partial charge in [-0.1, -0.05) is 20.8 Å². The molecule has 0 atom stereocenters. The Balaban J connectivity index is 2.51. The summed E-state index contributed by atoms with van der Waals surface area (Å²) in [5, 5.41) is 19.0. The van der Waals surface area contributed by atoms with Gasteiger partial charge in [-0.3, -0.25) is 0 Å². The van der Waals surface area contributed by atoms with Gasteiger partial charge < -0.3 is 0 Å². The average molecular weight is 163 g/mol. The summed E-state index contributed by atoms with van der Waals surface area (Å²) >= 11 is 0. The van der Waals surface area contributed by atoms with E-state index in [0.29, 0.717) is 5.84 Å². The second kappa shape index (κ2) is 2.06. The molecule has 0 saturated carbocycles. The third-order valence-corrected chi connectivity index (χ3v) is 1.68. The highest BCUT2D eigenvalue weighted by Gasteiger charge is 2.30. The molecule has 2 heterocycles. The largest absolute Gasteiger partial charge is 0.227 e. The quantitative estimate of drug-likeness (QED) is 0.526. The maximum Gasteiger partial charge on any atom is 0.227 e. The molecule has 2 rings (SSSR count). The summed E-state index contributed by atoms with van der Waals surface area (Å²) in [6, 6.07) is 0. The van der Waals surface area contributed by atoms with Gasteiger partial charge in [-0.2, -0.15) is 5.11 Å². The highest BCUT2D eigenvalue weighted by atomic mass is 15.5. The molecule has 0 unspecified atom stereocenters. The van der Waals surface area contributed by atoms with Gasteiger partial charge in [-0.15, -0.1) is 15.3 Å². The standard InChI is InChI=1S/C7H9N5/c1-7(2,3)5-4-6(10-9-5)11-12-8-4/h1-3H3. The van der Waals surface area contributed by atoms with Crippen LogP contribution in [0, 0.1) is 5.41 Å². The summed E-state index contributed by atoms with van der Waals surface area (Å²) < 4.78 is 0. The van der Waals surface area contributed by atoms with Crippen LogP contribution in [0.25, 0.3) is 0 Å². The molecule has 0 fully saturated rings. The van der Waals surface area contributed by atoms with Crippen LogP contribution in [-0.2, 0) is 0 Å². The van der Waals surface area contributed by atoms with Crippen molar-refractivity contribution in [3.63, 3.8) is 0 Å². The lowest BCUT2D eigenvalue weighted by Gasteiger charge is -2.15. The molecule has 0 aromatic heterocycles. The van der Waals surface area contributed by atoms with Crippen LogP contribution in [-0.4, -0.2) is 5.84 Å². The molecular formula is C7H9N5. The van der Waals surface area contributed by atoms with E-state index < -0.39 is 0 Å². The van der Waals surface area contributed by atoms with Gasteiger partial charge in [0, 0.05) is 5.41 Å². The maximum absolute atomic E-state index is 4.01. The number of rotatable bonds is 0. The number of azo groups is 1. The van der Waals surface area contributed by atoms with E-state index in [4.69, 9.17) is 0 Å². The second-order valence-corrected chi connectivity index (χ2v) is 3.76. The van der Waals surface area contributed by atoms with E-state index in [1.807, 2.05) is 0 Å². The molecule has 0 aliphatic carbocycles. The SMILES string of the molecule is CC(C)(C)C1=C2N=NN=C2N=N1. The summed E-state index contributed by atoms with van der Waals surface area (Å²) in [4.78, 5) is 0. The molecule has 2 aliphatic rings. The molecule has 2 aliphatic heterocycles. The molecule has 12 heavy (non-hydrogen) atoms. The maximum atomic E-state index is 4.01. The Labute approximate surface area is 70.0 Å². The second-order valence-electron chi connectivity index (χ2n) is 3.76. The zero-order chi connectivity index (χ0) is 8.77. The molecule has 0 aromatic rings. The fourth-order valence-corrected chi connectivity index (χ4v) is 1.07. The number of amidine groups is 1. The van der Waals surface area contributed by atoms with Gasteiger partial charge >= 0.3 is 0 Å². The first-order chi connectivity index (χ1) is 5.59. The third-order valence-electron chi connectivity index (χ3n) is 1.68. The minimum atomic E-state index is -0.0422. The zero-order valence-electron chi connectivity index (χ0n) is 7.24. The fraction of sp³-hybridized carbons (Fsp3) is 0.571. The van der Waals surface area contributed by atoms with E-state index in [0.717, 1.165) is 11.4 Å². The molecule has 0 saturated heterocycles. The van der Waals surface area contributed by atoms with Gasteiger partial charge in [0.2, 0.25) is 5.84 Å². The Morgan fingerprint density at radius 3 is 2.42 bits per heavy atom.